The van der Waals surface area contributed by atoms with Gasteiger partial charge in [-0.3, -0.25) is 4.79 Å². The first kappa shape index (κ1) is 12.1. The molecule has 0 unspecified atom stereocenters. The van der Waals surface area contributed by atoms with Gasteiger partial charge in [0.25, 0.3) is 0 Å². The molecule has 1 aromatic heterocycles. The lowest BCUT2D eigenvalue weighted by molar-refractivity contribution is -0.131. The minimum Gasteiger partial charge on any atom is -0.342 e. The number of halogens is 1. The second kappa shape index (κ2) is 5.32. The Bertz CT molecular complexity index is 369. The molecule has 1 aliphatic rings. The molecule has 1 amide bonds. The van der Waals surface area contributed by atoms with Crippen LogP contribution in [-0.4, -0.2) is 23.9 Å². The van der Waals surface area contributed by atoms with Crippen molar-refractivity contribution < 1.29 is 4.79 Å². The van der Waals surface area contributed by atoms with E-state index < -0.39 is 0 Å². The Balaban J connectivity index is 1.88. The highest BCUT2D eigenvalue weighted by Crippen LogP contribution is 2.23. The van der Waals surface area contributed by atoms with Gasteiger partial charge in [-0.25, -0.2) is 0 Å². The first-order chi connectivity index (χ1) is 7.65. The number of amides is 1. The fourth-order valence-electron chi connectivity index (χ4n) is 1.97. The van der Waals surface area contributed by atoms with E-state index in [9.17, 15) is 4.79 Å². The maximum Gasteiger partial charge on any atom is 0.227 e. The van der Waals surface area contributed by atoms with Gasteiger partial charge in [-0.15, -0.1) is 11.3 Å². The third-order valence-electron chi connectivity index (χ3n) is 3.09. The molecule has 0 aliphatic carbocycles. The summed E-state index contributed by atoms with van der Waals surface area (Å²) in [6.07, 6.45) is 2.87. The second-order valence-corrected chi connectivity index (χ2v) is 6.99. The van der Waals surface area contributed by atoms with Crippen LogP contribution in [0.25, 0.3) is 0 Å². The van der Waals surface area contributed by atoms with E-state index in [2.05, 4.69) is 22.9 Å². The number of hydrogen-bond acceptors (Lipinski definition) is 2. The summed E-state index contributed by atoms with van der Waals surface area (Å²) in [5.41, 5.74) is 0. The molecule has 16 heavy (non-hydrogen) atoms. The van der Waals surface area contributed by atoms with Crippen molar-refractivity contribution in [2.75, 3.05) is 13.1 Å². The smallest absolute Gasteiger partial charge is 0.227 e. The standard InChI is InChI=1S/C12H16BrNOS/c1-9-4-6-14(7-5-9)12(15)8-10-2-3-11(13)16-10/h2-3,9H,4-8H2,1H3. The number of likely N-dealkylation sites (tertiary alicyclic amines) is 1. The predicted octanol–water partition coefficient (Wildman–Crippen LogP) is 3.31. The van der Waals surface area contributed by atoms with Crippen molar-refractivity contribution >= 4 is 33.2 Å². The zero-order valence-corrected chi connectivity index (χ0v) is 11.8. The molecular weight excluding hydrogens is 286 g/mol. The summed E-state index contributed by atoms with van der Waals surface area (Å²) in [5, 5.41) is 0. The highest BCUT2D eigenvalue weighted by atomic mass is 79.9. The topological polar surface area (TPSA) is 20.3 Å². The fraction of sp³-hybridized carbons (Fsp3) is 0.583. The molecule has 88 valence electrons. The molecular formula is C12H16BrNOS. The molecule has 0 aromatic carbocycles. The van der Waals surface area contributed by atoms with E-state index in [-0.39, 0.29) is 5.91 Å². The minimum absolute atomic E-state index is 0.279. The molecule has 0 spiro atoms. The van der Waals surface area contributed by atoms with E-state index >= 15 is 0 Å². The van der Waals surface area contributed by atoms with E-state index in [4.69, 9.17) is 0 Å². The first-order valence-electron chi connectivity index (χ1n) is 5.67. The molecule has 1 aromatic rings. The number of rotatable bonds is 2. The van der Waals surface area contributed by atoms with Gasteiger partial charge in [0.1, 0.15) is 0 Å². The summed E-state index contributed by atoms with van der Waals surface area (Å²) in [5.74, 6) is 1.06. The lowest BCUT2D eigenvalue weighted by Crippen LogP contribution is -2.38. The number of carbonyl (C=O) groups is 1. The summed E-state index contributed by atoms with van der Waals surface area (Å²) in [7, 11) is 0. The van der Waals surface area contributed by atoms with Crippen LogP contribution in [0.5, 0.6) is 0 Å². The quantitative estimate of drug-likeness (QED) is 0.821. The van der Waals surface area contributed by atoms with Crippen LogP contribution in [-0.2, 0) is 11.2 Å². The van der Waals surface area contributed by atoms with Gasteiger partial charge in [0, 0.05) is 18.0 Å². The number of hydrogen-bond donors (Lipinski definition) is 0. The van der Waals surface area contributed by atoms with Crippen molar-refractivity contribution in [3.63, 3.8) is 0 Å². The van der Waals surface area contributed by atoms with Crippen molar-refractivity contribution in [1.29, 1.82) is 0 Å². The molecule has 1 aliphatic heterocycles. The third kappa shape index (κ3) is 3.08. The Labute approximate surface area is 109 Å². The van der Waals surface area contributed by atoms with E-state index in [0.29, 0.717) is 6.42 Å². The van der Waals surface area contributed by atoms with E-state index in [1.165, 1.54) is 0 Å². The van der Waals surface area contributed by atoms with E-state index in [1.54, 1.807) is 11.3 Å². The van der Waals surface area contributed by atoms with Crippen LogP contribution < -0.4 is 0 Å². The molecule has 0 N–H and O–H groups in total. The lowest BCUT2D eigenvalue weighted by Gasteiger charge is -2.30. The van der Waals surface area contributed by atoms with E-state index in [1.807, 2.05) is 17.0 Å². The van der Waals surface area contributed by atoms with Crippen molar-refractivity contribution in [1.82, 2.24) is 4.90 Å². The average Bonchev–Trinajstić information content (AvgIpc) is 2.65. The van der Waals surface area contributed by atoms with Crippen molar-refractivity contribution in [2.24, 2.45) is 5.92 Å². The molecule has 0 radical (unpaired) electrons. The van der Waals surface area contributed by atoms with Crippen LogP contribution in [0.1, 0.15) is 24.6 Å². The van der Waals surface area contributed by atoms with Gasteiger partial charge < -0.3 is 4.90 Å². The fourth-order valence-corrected chi connectivity index (χ4v) is 3.44. The number of thiophene rings is 1. The van der Waals surface area contributed by atoms with Gasteiger partial charge in [0.15, 0.2) is 0 Å². The molecule has 2 nitrogen and oxygen atoms in total. The first-order valence-corrected chi connectivity index (χ1v) is 7.28. The van der Waals surface area contributed by atoms with Gasteiger partial charge in [0.05, 0.1) is 10.2 Å². The van der Waals surface area contributed by atoms with Gasteiger partial charge in [-0.1, -0.05) is 6.92 Å². The Kier molecular flexibility index (Phi) is 4.03. The van der Waals surface area contributed by atoms with Gasteiger partial charge in [-0.05, 0) is 46.8 Å². The zero-order chi connectivity index (χ0) is 11.5. The highest BCUT2D eigenvalue weighted by Gasteiger charge is 2.20. The van der Waals surface area contributed by atoms with Gasteiger partial charge in [-0.2, -0.15) is 0 Å². The van der Waals surface area contributed by atoms with E-state index in [0.717, 1.165) is 40.5 Å². The van der Waals surface area contributed by atoms with Gasteiger partial charge in [0.2, 0.25) is 5.91 Å². The largest absolute Gasteiger partial charge is 0.342 e. The molecule has 1 saturated heterocycles. The average molecular weight is 302 g/mol. The molecule has 2 rings (SSSR count). The molecule has 0 atom stereocenters. The molecule has 4 heteroatoms. The van der Waals surface area contributed by atoms with Crippen LogP contribution in [0.3, 0.4) is 0 Å². The summed E-state index contributed by atoms with van der Waals surface area (Å²) < 4.78 is 1.10. The van der Waals surface area contributed by atoms with Gasteiger partial charge >= 0.3 is 0 Å². The summed E-state index contributed by atoms with van der Waals surface area (Å²) in [6, 6.07) is 4.03. The SMILES string of the molecule is CC1CCN(C(=O)Cc2ccc(Br)s2)CC1. The Morgan fingerprint density at radius 1 is 1.50 bits per heavy atom. The van der Waals surface area contributed by atoms with Crippen molar-refractivity contribution in [3.05, 3.63) is 20.8 Å². The zero-order valence-electron chi connectivity index (χ0n) is 9.41. The normalized spacial score (nSPS) is 17.8. The number of carbonyl (C=O) groups excluding carboxylic acids is 1. The van der Waals surface area contributed by atoms with Crippen LogP contribution in [0, 0.1) is 5.92 Å². The third-order valence-corrected chi connectivity index (χ3v) is 4.71. The Morgan fingerprint density at radius 2 is 2.19 bits per heavy atom. The highest BCUT2D eigenvalue weighted by molar-refractivity contribution is 9.11. The van der Waals surface area contributed by atoms with Crippen LogP contribution in [0.15, 0.2) is 15.9 Å². The minimum atomic E-state index is 0.279. The van der Waals surface area contributed by atoms with Crippen molar-refractivity contribution in [2.45, 2.75) is 26.2 Å². The number of piperidine rings is 1. The second-order valence-electron chi connectivity index (χ2n) is 4.45. The Morgan fingerprint density at radius 3 is 2.75 bits per heavy atom. The molecule has 2 heterocycles. The maximum atomic E-state index is 12.0. The molecule has 0 bridgehead atoms. The van der Waals surface area contributed by atoms with Crippen LogP contribution >= 0.6 is 27.3 Å². The lowest BCUT2D eigenvalue weighted by atomic mass is 9.99. The summed E-state index contributed by atoms with van der Waals surface area (Å²) in [4.78, 5) is 15.2. The van der Waals surface area contributed by atoms with Crippen LogP contribution in [0.4, 0.5) is 0 Å². The monoisotopic (exact) mass is 301 g/mol. The molecule has 0 saturated carbocycles. The van der Waals surface area contributed by atoms with Crippen LogP contribution in [0.2, 0.25) is 0 Å². The summed E-state index contributed by atoms with van der Waals surface area (Å²) in [6.45, 7) is 4.14. The molecule has 1 fully saturated rings. The predicted molar refractivity (Wildman–Crippen MR) is 70.7 cm³/mol. The maximum absolute atomic E-state index is 12.0. The summed E-state index contributed by atoms with van der Waals surface area (Å²) >= 11 is 5.07. The Hall–Kier alpha value is -0.350. The number of nitrogens with zero attached hydrogens (tertiary/aromatic N) is 1. The van der Waals surface area contributed by atoms with Crippen molar-refractivity contribution in [3.8, 4) is 0 Å².